The molecule has 1 saturated heterocycles. The molecule has 4 nitrogen and oxygen atoms in total. The van der Waals surface area contributed by atoms with Crippen molar-refractivity contribution in [2.24, 2.45) is 0 Å². The number of nitrogens with one attached hydrogen (secondary N) is 2. The van der Waals surface area contributed by atoms with Crippen LogP contribution in [0.1, 0.15) is 13.8 Å². The number of rotatable bonds is 0. The molecule has 0 atom stereocenters. The van der Waals surface area contributed by atoms with Gasteiger partial charge in [-0.1, -0.05) is 13.8 Å². The van der Waals surface area contributed by atoms with Crippen molar-refractivity contribution in [3.63, 3.8) is 0 Å². The summed E-state index contributed by atoms with van der Waals surface area (Å²) in [7, 11) is 0. The zero-order valence-corrected chi connectivity index (χ0v) is 9.47. The maximum atomic E-state index is 5.34. The Morgan fingerprint density at radius 3 is 1.21 bits per heavy atom. The van der Waals surface area contributed by atoms with Crippen LogP contribution in [0.2, 0.25) is 0 Å². The van der Waals surface area contributed by atoms with Crippen molar-refractivity contribution in [2.75, 3.05) is 52.6 Å². The fourth-order valence-corrected chi connectivity index (χ4v) is 1.03. The first-order valence-electron chi connectivity index (χ1n) is 5.57. The van der Waals surface area contributed by atoms with Gasteiger partial charge in [-0.15, -0.1) is 0 Å². The Morgan fingerprint density at radius 1 is 0.643 bits per heavy atom. The Morgan fingerprint density at radius 2 is 0.929 bits per heavy atom. The zero-order chi connectivity index (χ0) is 10.5. The first kappa shape index (κ1) is 13.8. The molecule has 0 spiro atoms. The smallest absolute Gasteiger partial charge is 0.0591 e. The molecule has 0 aliphatic carbocycles. The Hall–Kier alpha value is -0.160. The SMILES string of the molecule is C1COCCNCCOCCN1.CC. The van der Waals surface area contributed by atoms with Crippen molar-refractivity contribution < 1.29 is 9.47 Å². The van der Waals surface area contributed by atoms with E-state index in [1.54, 1.807) is 0 Å². The van der Waals surface area contributed by atoms with Gasteiger partial charge < -0.3 is 20.1 Å². The van der Waals surface area contributed by atoms with Gasteiger partial charge in [0.05, 0.1) is 26.4 Å². The van der Waals surface area contributed by atoms with Gasteiger partial charge in [-0.05, 0) is 0 Å². The fraction of sp³-hybridized carbons (Fsp3) is 1.00. The van der Waals surface area contributed by atoms with Gasteiger partial charge in [-0.2, -0.15) is 0 Å². The second-order valence-corrected chi connectivity index (χ2v) is 2.72. The average molecular weight is 204 g/mol. The molecular formula is C10H24N2O2. The first-order valence-corrected chi connectivity index (χ1v) is 5.57. The Kier molecular flexibility index (Phi) is 12.7. The summed E-state index contributed by atoms with van der Waals surface area (Å²) in [5.74, 6) is 0. The highest BCUT2D eigenvalue weighted by atomic mass is 16.5. The van der Waals surface area contributed by atoms with E-state index in [4.69, 9.17) is 9.47 Å². The van der Waals surface area contributed by atoms with E-state index in [9.17, 15) is 0 Å². The predicted molar refractivity (Wildman–Crippen MR) is 58.7 cm³/mol. The van der Waals surface area contributed by atoms with E-state index in [1.807, 2.05) is 13.8 Å². The molecule has 4 heteroatoms. The highest BCUT2D eigenvalue weighted by Crippen LogP contribution is 1.77. The molecule has 1 fully saturated rings. The van der Waals surface area contributed by atoms with Crippen molar-refractivity contribution in [2.45, 2.75) is 13.8 Å². The Labute approximate surface area is 87.4 Å². The van der Waals surface area contributed by atoms with Crippen LogP contribution in [-0.2, 0) is 9.47 Å². The Balaban J connectivity index is 0.000000791. The van der Waals surface area contributed by atoms with Crippen LogP contribution in [0.4, 0.5) is 0 Å². The second-order valence-electron chi connectivity index (χ2n) is 2.72. The number of hydrogen-bond acceptors (Lipinski definition) is 4. The van der Waals surface area contributed by atoms with Crippen LogP contribution < -0.4 is 10.6 Å². The normalized spacial score (nSPS) is 21.0. The molecule has 2 N–H and O–H groups in total. The minimum absolute atomic E-state index is 0.793. The summed E-state index contributed by atoms with van der Waals surface area (Å²) in [5, 5.41) is 6.47. The van der Waals surface area contributed by atoms with E-state index in [1.165, 1.54) is 0 Å². The molecule has 1 heterocycles. The molecular weight excluding hydrogens is 180 g/mol. The molecule has 0 radical (unpaired) electrons. The quantitative estimate of drug-likeness (QED) is 0.593. The van der Waals surface area contributed by atoms with Crippen LogP contribution in [0.15, 0.2) is 0 Å². The summed E-state index contributed by atoms with van der Waals surface area (Å²) in [6.07, 6.45) is 0. The summed E-state index contributed by atoms with van der Waals surface area (Å²) in [5.41, 5.74) is 0. The largest absolute Gasteiger partial charge is 0.379 e. The third-order valence-corrected chi connectivity index (χ3v) is 1.69. The summed E-state index contributed by atoms with van der Waals surface area (Å²) in [6.45, 7) is 10.9. The minimum atomic E-state index is 0.793. The molecule has 86 valence electrons. The van der Waals surface area contributed by atoms with Gasteiger partial charge in [0.2, 0.25) is 0 Å². The standard InChI is InChI=1S/C8H18N2O2.C2H6/c1-5-11-7-3-10-4-8-12-6-2-9-1;1-2/h9-10H,1-8H2;1-2H3. The maximum Gasteiger partial charge on any atom is 0.0591 e. The summed E-state index contributed by atoms with van der Waals surface area (Å²) >= 11 is 0. The third-order valence-electron chi connectivity index (χ3n) is 1.69. The van der Waals surface area contributed by atoms with Crippen LogP contribution in [0.3, 0.4) is 0 Å². The predicted octanol–water partition coefficient (Wildman–Crippen LogP) is 0.239. The fourth-order valence-electron chi connectivity index (χ4n) is 1.03. The molecule has 0 aromatic rings. The lowest BCUT2D eigenvalue weighted by atomic mass is 10.5. The van der Waals surface area contributed by atoms with Crippen LogP contribution >= 0.6 is 0 Å². The molecule has 0 amide bonds. The minimum Gasteiger partial charge on any atom is -0.379 e. The van der Waals surface area contributed by atoms with Gasteiger partial charge in [0.25, 0.3) is 0 Å². The maximum absolute atomic E-state index is 5.34. The van der Waals surface area contributed by atoms with E-state index in [0.717, 1.165) is 52.6 Å². The number of hydrogen-bond donors (Lipinski definition) is 2. The van der Waals surface area contributed by atoms with Gasteiger partial charge in [0.1, 0.15) is 0 Å². The zero-order valence-electron chi connectivity index (χ0n) is 9.47. The molecule has 14 heavy (non-hydrogen) atoms. The highest BCUT2D eigenvalue weighted by molar-refractivity contribution is 4.50. The monoisotopic (exact) mass is 204 g/mol. The van der Waals surface area contributed by atoms with E-state index in [2.05, 4.69) is 10.6 Å². The van der Waals surface area contributed by atoms with Crippen molar-refractivity contribution in [3.05, 3.63) is 0 Å². The molecule has 1 aliphatic rings. The van der Waals surface area contributed by atoms with Crippen LogP contribution in [0, 0.1) is 0 Å². The Bertz CT molecular complexity index is 59.1. The van der Waals surface area contributed by atoms with Crippen LogP contribution in [-0.4, -0.2) is 52.6 Å². The molecule has 0 saturated carbocycles. The summed E-state index contributed by atoms with van der Waals surface area (Å²) in [4.78, 5) is 0. The van der Waals surface area contributed by atoms with Crippen molar-refractivity contribution >= 4 is 0 Å². The highest BCUT2D eigenvalue weighted by Gasteiger charge is 1.93. The third kappa shape index (κ3) is 9.92. The van der Waals surface area contributed by atoms with Gasteiger partial charge >= 0.3 is 0 Å². The van der Waals surface area contributed by atoms with Crippen molar-refractivity contribution in [1.82, 2.24) is 10.6 Å². The molecule has 1 aliphatic heterocycles. The van der Waals surface area contributed by atoms with E-state index in [0.29, 0.717) is 0 Å². The lowest BCUT2D eigenvalue weighted by Crippen LogP contribution is -2.30. The van der Waals surface area contributed by atoms with E-state index >= 15 is 0 Å². The molecule has 0 unspecified atom stereocenters. The van der Waals surface area contributed by atoms with E-state index in [-0.39, 0.29) is 0 Å². The molecule has 0 aromatic heterocycles. The topological polar surface area (TPSA) is 42.5 Å². The van der Waals surface area contributed by atoms with Crippen molar-refractivity contribution in [1.29, 1.82) is 0 Å². The molecule has 1 rings (SSSR count). The number of ether oxygens (including phenoxy) is 2. The lowest BCUT2D eigenvalue weighted by molar-refractivity contribution is 0.109. The lowest BCUT2D eigenvalue weighted by Gasteiger charge is -2.10. The van der Waals surface area contributed by atoms with Crippen LogP contribution in [0.25, 0.3) is 0 Å². The van der Waals surface area contributed by atoms with Gasteiger partial charge in [0.15, 0.2) is 0 Å². The summed E-state index contributed by atoms with van der Waals surface area (Å²) in [6, 6.07) is 0. The van der Waals surface area contributed by atoms with Gasteiger partial charge in [-0.25, -0.2) is 0 Å². The van der Waals surface area contributed by atoms with Crippen molar-refractivity contribution in [3.8, 4) is 0 Å². The van der Waals surface area contributed by atoms with Gasteiger partial charge in [-0.3, -0.25) is 0 Å². The molecule has 0 bridgehead atoms. The van der Waals surface area contributed by atoms with E-state index < -0.39 is 0 Å². The summed E-state index contributed by atoms with van der Waals surface area (Å²) < 4.78 is 10.7. The first-order chi connectivity index (χ1) is 7.00. The van der Waals surface area contributed by atoms with Gasteiger partial charge in [0, 0.05) is 26.2 Å². The average Bonchev–Trinajstić information content (AvgIpc) is 2.22. The van der Waals surface area contributed by atoms with Crippen LogP contribution in [0.5, 0.6) is 0 Å². The molecule has 0 aromatic carbocycles. The second kappa shape index (κ2) is 12.8.